The van der Waals surface area contributed by atoms with Gasteiger partial charge in [0.15, 0.2) is 0 Å². The first kappa shape index (κ1) is 18.9. The molecular formula is C19H22F2N4O3. The van der Waals surface area contributed by atoms with Gasteiger partial charge in [-0.2, -0.15) is 0 Å². The number of halogens is 2. The van der Waals surface area contributed by atoms with Crippen LogP contribution in [0.2, 0.25) is 0 Å². The van der Waals surface area contributed by atoms with Gasteiger partial charge in [0, 0.05) is 44.1 Å². The summed E-state index contributed by atoms with van der Waals surface area (Å²) < 4.78 is 27.4. The average molecular weight is 392 g/mol. The highest BCUT2D eigenvalue weighted by molar-refractivity contribution is 6.05. The third kappa shape index (κ3) is 3.40. The normalized spacial score (nSPS) is 27.2. The standard InChI is InChI=1S/C19H22F2N4O3/c20-19(21)6-13(7-22)24(10-19)8-11-1-2-14-12(5-11)9-25(18(14)28)15-3-4-16(26)23-17(15)27/h1-2,5,13,15H,3-4,6-10,22H2,(H,23,26,27). The van der Waals surface area contributed by atoms with Crippen LogP contribution >= 0.6 is 0 Å². The molecule has 28 heavy (non-hydrogen) atoms. The van der Waals surface area contributed by atoms with Crippen LogP contribution in [-0.4, -0.2) is 58.6 Å². The molecule has 1 aromatic carbocycles. The number of carbonyl (C=O) groups excluding carboxylic acids is 3. The molecule has 4 rings (SSSR count). The maximum atomic E-state index is 13.7. The largest absolute Gasteiger partial charge is 0.329 e. The Morgan fingerprint density at radius 2 is 2.04 bits per heavy atom. The van der Waals surface area contributed by atoms with Crippen molar-refractivity contribution in [2.24, 2.45) is 5.73 Å². The molecule has 0 aromatic heterocycles. The monoisotopic (exact) mass is 392 g/mol. The van der Waals surface area contributed by atoms with E-state index in [1.54, 1.807) is 17.0 Å². The third-order valence-corrected chi connectivity index (χ3v) is 5.73. The molecule has 0 radical (unpaired) electrons. The predicted molar refractivity (Wildman–Crippen MR) is 95.3 cm³/mol. The molecule has 3 amide bonds. The zero-order valence-corrected chi connectivity index (χ0v) is 15.3. The van der Waals surface area contributed by atoms with Crippen LogP contribution in [0.4, 0.5) is 8.78 Å². The van der Waals surface area contributed by atoms with Gasteiger partial charge in [0.1, 0.15) is 6.04 Å². The Bertz CT molecular complexity index is 844. The number of hydrogen-bond donors (Lipinski definition) is 2. The van der Waals surface area contributed by atoms with Crippen LogP contribution in [0.5, 0.6) is 0 Å². The molecular weight excluding hydrogens is 370 g/mol. The van der Waals surface area contributed by atoms with Crippen LogP contribution in [0.15, 0.2) is 18.2 Å². The van der Waals surface area contributed by atoms with Crippen LogP contribution in [0, 0.1) is 0 Å². The summed E-state index contributed by atoms with van der Waals surface area (Å²) in [6, 6.07) is 4.24. The number of fused-ring (bicyclic) bond motifs is 1. The SMILES string of the molecule is NCC1CC(F)(F)CN1Cc1ccc2c(c1)CN(C1CCC(=O)NC1=O)C2=O. The maximum Gasteiger partial charge on any atom is 0.262 e. The van der Waals surface area contributed by atoms with Crippen LogP contribution in [0.1, 0.15) is 40.7 Å². The lowest BCUT2D eigenvalue weighted by Gasteiger charge is -2.29. The molecule has 3 heterocycles. The smallest absolute Gasteiger partial charge is 0.262 e. The topological polar surface area (TPSA) is 95.7 Å². The second kappa shape index (κ2) is 6.89. The van der Waals surface area contributed by atoms with Crippen LogP contribution in [-0.2, 0) is 22.7 Å². The van der Waals surface area contributed by atoms with Crippen molar-refractivity contribution in [3.8, 4) is 0 Å². The van der Waals surface area contributed by atoms with E-state index in [1.807, 2.05) is 6.07 Å². The van der Waals surface area contributed by atoms with E-state index in [1.165, 1.54) is 4.90 Å². The lowest BCUT2D eigenvalue weighted by atomic mass is 10.0. The molecule has 3 aliphatic heterocycles. The molecule has 0 spiro atoms. The van der Waals surface area contributed by atoms with E-state index in [2.05, 4.69) is 5.32 Å². The molecule has 150 valence electrons. The Kier molecular flexibility index (Phi) is 4.67. The number of nitrogens with one attached hydrogen (secondary N) is 1. The Labute approximate surface area is 160 Å². The molecule has 1 aromatic rings. The summed E-state index contributed by atoms with van der Waals surface area (Å²) in [5.74, 6) is -3.77. The number of likely N-dealkylation sites (tertiary alicyclic amines) is 1. The van der Waals surface area contributed by atoms with E-state index in [0.717, 1.165) is 11.1 Å². The summed E-state index contributed by atoms with van der Waals surface area (Å²) in [6.07, 6.45) is 0.264. The molecule has 3 N–H and O–H groups in total. The maximum absolute atomic E-state index is 13.7. The van der Waals surface area contributed by atoms with Gasteiger partial charge in [-0.15, -0.1) is 0 Å². The molecule has 0 aliphatic carbocycles. The van der Waals surface area contributed by atoms with Crippen molar-refractivity contribution in [2.75, 3.05) is 13.1 Å². The van der Waals surface area contributed by atoms with Crippen molar-refractivity contribution < 1.29 is 23.2 Å². The van der Waals surface area contributed by atoms with Gasteiger partial charge in [0.25, 0.3) is 11.8 Å². The molecule has 3 aliphatic rings. The molecule has 9 heteroatoms. The third-order valence-electron chi connectivity index (χ3n) is 5.73. The molecule has 2 fully saturated rings. The zero-order valence-electron chi connectivity index (χ0n) is 15.3. The fourth-order valence-electron chi connectivity index (χ4n) is 4.34. The second-order valence-electron chi connectivity index (χ2n) is 7.75. The number of alkyl halides is 2. The van der Waals surface area contributed by atoms with Gasteiger partial charge in [-0.25, -0.2) is 8.78 Å². The highest BCUT2D eigenvalue weighted by atomic mass is 19.3. The number of rotatable bonds is 4. The second-order valence-corrected chi connectivity index (χ2v) is 7.75. The quantitative estimate of drug-likeness (QED) is 0.733. The molecule has 0 saturated carbocycles. The van der Waals surface area contributed by atoms with Gasteiger partial charge < -0.3 is 10.6 Å². The van der Waals surface area contributed by atoms with E-state index < -0.39 is 17.9 Å². The summed E-state index contributed by atoms with van der Waals surface area (Å²) >= 11 is 0. The minimum atomic E-state index is -2.74. The Hall–Kier alpha value is -2.39. The minimum absolute atomic E-state index is 0.169. The highest BCUT2D eigenvalue weighted by Crippen LogP contribution is 2.33. The van der Waals surface area contributed by atoms with Crippen molar-refractivity contribution in [2.45, 2.75) is 50.4 Å². The average Bonchev–Trinajstić information content (AvgIpc) is 3.10. The van der Waals surface area contributed by atoms with Crippen molar-refractivity contribution >= 4 is 17.7 Å². The molecule has 0 bridgehead atoms. The van der Waals surface area contributed by atoms with E-state index in [-0.39, 0.29) is 50.3 Å². The number of imide groups is 1. The summed E-state index contributed by atoms with van der Waals surface area (Å²) in [5.41, 5.74) is 7.75. The van der Waals surface area contributed by atoms with Gasteiger partial charge in [-0.3, -0.25) is 24.6 Å². The summed E-state index contributed by atoms with van der Waals surface area (Å²) in [7, 11) is 0. The van der Waals surface area contributed by atoms with E-state index in [4.69, 9.17) is 5.73 Å². The first-order valence-electron chi connectivity index (χ1n) is 9.36. The number of benzene rings is 1. The van der Waals surface area contributed by atoms with Gasteiger partial charge >= 0.3 is 0 Å². The van der Waals surface area contributed by atoms with Crippen molar-refractivity contribution in [1.29, 1.82) is 0 Å². The Morgan fingerprint density at radius 3 is 2.75 bits per heavy atom. The Balaban J connectivity index is 1.50. The molecule has 2 unspecified atom stereocenters. The van der Waals surface area contributed by atoms with Crippen molar-refractivity contribution in [3.05, 3.63) is 34.9 Å². The highest BCUT2D eigenvalue weighted by Gasteiger charge is 2.44. The predicted octanol–water partition coefficient (Wildman–Crippen LogP) is 0.616. The van der Waals surface area contributed by atoms with Gasteiger partial charge in [-0.1, -0.05) is 12.1 Å². The Morgan fingerprint density at radius 1 is 1.25 bits per heavy atom. The summed E-state index contributed by atoms with van der Waals surface area (Å²) in [5, 5.41) is 2.27. The molecule has 2 atom stereocenters. The van der Waals surface area contributed by atoms with Gasteiger partial charge in [-0.05, 0) is 23.6 Å². The first-order chi connectivity index (χ1) is 13.3. The lowest BCUT2D eigenvalue weighted by Crippen LogP contribution is -2.52. The first-order valence-corrected chi connectivity index (χ1v) is 9.36. The lowest BCUT2D eigenvalue weighted by molar-refractivity contribution is -0.136. The van der Waals surface area contributed by atoms with Crippen LogP contribution in [0.25, 0.3) is 0 Å². The number of hydrogen-bond acceptors (Lipinski definition) is 5. The summed E-state index contributed by atoms with van der Waals surface area (Å²) in [4.78, 5) is 39.3. The number of nitrogens with zero attached hydrogens (tertiary/aromatic N) is 2. The fraction of sp³-hybridized carbons (Fsp3) is 0.526. The van der Waals surface area contributed by atoms with E-state index >= 15 is 0 Å². The van der Waals surface area contributed by atoms with Crippen molar-refractivity contribution in [3.63, 3.8) is 0 Å². The fourth-order valence-corrected chi connectivity index (χ4v) is 4.34. The van der Waals surface area contributed by atoms with Gasteiger partial charge in [0.05, 0.1) is 6.54 Å². The number of nitrogens with two attached hydrogens (primary N) is 1. The van der Waals surface area contributed by atoms with Crippen LogP contribution < -0.4 is 11.1 Å². The number of carbonyl (C=O) groups is 3. The van der Waals surface area contributed by atoms with E-state index in [9.17, 15) is 23.2 Å². The zero-order chi connectivity index (χ0) is 20.1. The molecule has 2 saturated heterocycles. The van der Waals surface area contributed by atoms with E-state index in [0.29, 0.717) is 18.5 Å². The minimum Gasteiger partial charge on any atom is -0.329 e. The molecule has 7 nitrogen and oxygen atoms in total. The number of amides is 3. The van der Waals surface area contributed by atoms with Gasteiger partial charge in [0.2, 0.25) is 11.8 Å². The summed E-state index contributed by atoms with van der Waals surface area (Å²) in [6.45, 7) is 0.442. The van der Waals surface area contributed by atoms with Crippen molar-refractivity contribution in [1.82, 2.24) is 15.1 Å². The van der Waals surface area contributed by atoms with Crippen LogP contribution in [0.3, 0.4) is 0 Å². The number of piperidine rings is 1.